The van der Waals surface area contributed by atoms with Gasteiger partial charge in [0.25, 0.3) is 0 Å². The van der Waals surface area contributed by atoms with Gasteiger partial charge in [-0.3, -0.25) is 4.79 Å². The molecule has 1 aliphatic rings. The largest absolute Gasteiger partial charge is 0.493 e. The Bertz CT molecular complexity index is 478. The summed E-state index contributed by atoms with van der Waals surface area (Å²) in [6.45, 7) is 2.40. The lowest BCUT2D eigenvalue weighted by Crippen LogP contribution is -2.37. The zero-order valence-electron chi connectivity index (χ0n) is 12.7. The standard InChI is InChI=1S/C16H24N2O3/c1-11(21-15-6-4-3-5-14(15)20-2)10-18-16(19)12-7-8-13(17)9-12/h3-6,11-13H,7-10,17H2,1-2H3,(H,18,19). The highest BCUT2D eigenvalue weighted by Gasteiger charge is 2.27. The predicted octanol–water partition coefficient (Wildman–Crippen LogP) is 1.71. The average molecular weight is 292 g/mol. The number of nitrogens with one attached hydrogen (secondary N) is 1. The van der Waals surface area contributed by atoms with Crippen molar-refractivity contribution in [1.82, 2.24) is 5.32 Å². The number of hydrogen-bond donors (Lipinski definition) is 2. The molecule has 1 aliphatic carbocycles. The summed E-state index contributed by atoms with van der Waals surface area (Å²) < 4.78 is 11.0. The van der Waals surface area contributed by atoms with E-state index >= 15 is 0 Å². The Morgan fingerprint density at radius 2 is 2.10 bits per heavy atom. The summed E-state index contributed by atoms with van der Waals surface area (Å²) in [7, 11) is 1.61. The van der Waals surface area contributed by atoms with Gasteiger partial charge in [-0.1, -0.05) is 12.1 Å². The van der Waals surface area contributed by atoms with E-state index in [2.05, 4.69) is 5.32 Å². The van der Waals surface area contributed by atoms with Gasteiger partial charge < -0.3 is 20.5 Å². The van der Waals surface area contributed by atoms with E-state index in [0.717, 1.165) is 19.3 Å². The van der Waals surface area contributed by atoms with Gasteiger partial charge in [0.2, 0.25) is 5.91 Å². The van der Waals surface area contributed by atoms with Crippen molar-refractivity contribution in [2.24, 2.45) is 11.7 Å². The number of para-hydroxylation sites is 2. The summed E-state index contributed by atoms with van der Waals surface area (Å²) in [4.78, 5) is 12.0. The van der Waals surface area contributed by atoms with Gasteiger partial charge in [0.1, 0.15) is 6.10 Å². The molecule has 1 aromatic rings. The van der Waals surface area contributed by atoms with Crippen LogP contribution in [0.1, 0.15) is 26.2 Å². The molecule has 0 radical (unpaired) electrons. The average Bonchev–Trinajstić information content (AvgIpc) is 2.92. The number of rotatable bonds is 6. The van der Waals surface area contributed by atoms with Crippen LogP contribution in [0.15, 0.2) is 24.3 Å². The van der Waals surface area contributed by atoms with Crippen molar-refractivity contribution in [3.8, 4) is 11.5 Å². The lowest BCUT2D eigenvalue weighted by molar-refractivity contribution is -0.125. The van der Waals surface area contributed by atoms with Gasteiger partial charge >= 0.3 is 0 Å². The molecule has 3 atom stereocenters. The molecule has 1 aromatic carbocycles. The third-order valence-electron chi connectivity index (χ3n) is 3.80. The predicted molar refractivity (Wildman–Crippen MR) is 81.4 cm³/mol. The highest BCUT2D eigenvalue weighted by atomic mass is 16.5. The second-order valence-electron chi connectivity index (χ2n) is 5.59. The van der Waals surface area contributed by atoms with Gasteiger partial charge in [0.05, 0.1) is 13.7 Å². The van der Waals surface area contributed by atoms with Gasteiger partial charge in [-0.25, -0.2) is 0 Å². The van der Waals surface area contributed by atoms with Crippen LogP contribution >= 0.6 is 0 Å². The van der Waals surface area contributed by atoms with Gasteiger partial charge in [0.15, 0.2) is 11.5 Å². The van der Waals surface area contributed by atoms with Crippen LogP contribution in [0, 0.1) is 5.92 Å². The maximum atomic E-state index is 12.0. The molecule has 2 rings (SSSR count). The highest BCUT2D eigenvalue weighted by molar-refractivity contribution is 5.79. The quantitative estimate of drug-likeness (QED) is 0.837. The third kappa shape index (κ3) is 4.36. The fraction of sp³-hybridized carbons (Fsp3) is 0.562. The van der Waals surface area contributed by atoms with Crippen LogP contribution in [-0.4, -0.2) is 31.7 Å². The van der Waals surface area contributed by atoms with Crippen LogP contribution < -0.4 is 20.5 Å². The van der Waals surface area contributed by atoms with Crippen molar-refractivity contribution in [3.05, 3.63) is 24.3 Å². The molecule has 1 saturated carbocycles. The number of ether oxygens (including phenoxy) is 2. The Kier molecular flexibility index (Phi) is 5.44. The molecule has 1 fully saturated rings. The van der Waals surface area contributed by atoms with Crippen molar-refractivity contribution >= 4 is 5.91 Å². The Morgan fingerprint density at radius 3 is 2.71 bits per heavy atom. The second kappa shape index (κ2) is 7.31. The van der Waals surface area contributed by atoms with Crippen molar-refractivity contribution in [2.75, 3.05) is 13.7 Å². The Morgan fingerprint density at radius 1 is 1.38 bits per heavy atom. The molecule has 5 nitrogen and oxygen atoms in total. The molecule has 0 heterocycles. The number of benzene rings is 1. The summed E-state index contributed by atoms with van der Waals surface area (Å²) in [6.07, 6.45) is 2.48. The first-order valence-electron chi connectivity index (χ1n) is 7.43. The van der Waals surface area contributed by atoms with Crippen LogP contribution in [0.5, 0.6) is 11.5 Å². The maximum absolute atomic E-state index is 12.0. The summed E-state index contributed by atoms with van der Waals surface area (Å²) in [5, 5.41) is 2.94. The van der Waals surface area contributed by atoms with Crippen LogP contribution in [0.3, 0.4) is 0 Å². The minimum atomic E-state index is -0.125. The highest BCUT2D eigenvalue weighted by Crippen LogP contribution is 2.27. The van der Waals surface area contributed by atoms with E-state index in [4.69, 9.17) is 15.2 Å². The lowest BCUT2D eigenvalue weighted by Gasteiger charge is -2.18. The molecule has 0 aromatic heterocycles. The maximum Gasteiger partial charge on any atom is 0.223 e. The van der Waals surface area contributed by atoms with Crippen molar-refractivity contribution < 1.29 is 14.3 Å². The smallest absolute Gasteiger partial charge is 0.223 e. The fourth-order valence-corrected chi connectivity index (χ4v) is 2.62. The van der Waals surface area contributed by atoms with Crippen LogP contribution in [0.25, 0.3) is 0 Å². The molecule has 21 heavy (non-hydrogen) atoms. The minimum Gasteiger partial charge on any atom is -0.493 e. The molecule has 3 unspecified atom stereocenters. The molecule has 5 heteroatoms. The minimum absolute atomic E-state index is 0.0541. The van der Waals surface area contributed by atoms with Gasteiger partial charge in [-0.2, -0.15) is 0 Å². The molecular weight excluding hydrogens is 268 g/mol. The van der Waals surface area contributed by atoms with Gasteiger partial charge in [0, 0.05) is 12.0 Å². The molecule has 116 valence electrons. The summed E-state index contributed by atoms with van der Waals surface area (Å²) in [6, 6.07) is 7.65. The number of methoxy groups -OCH3 is 1. The topological polar surface area (TPSA) is 73.6 Å². The molecule has 1 amide bonds. The molecule has 0 saturated heterocycles. The lowest BCUT2D eigenvalue weighted by atomic mass is 10.1. The molecule has 0 aliphatic heterocycles. The first-order valence-corrected chi connectivity index (χ1v) is 7.43. The number of hydrogen-bond acceptors (Lipinski definition) is 4. The van der Waals surface area contributed by atoms with Crippen LogP contribution in [0.2, 0.25) is 0 Å². The van der Waals surface area contributed by atoms with E-state index in [1.807, 2.05) is 31.2 Å². The Balaban J connectivity index is 1.79. The number of amides is 1. The first-order chi connectivity index (χ1) is 10.1. The van der Waals surface area contributed by atoms with Gasteiger partial charge in [-0.05, 0) is 38.3 Å². The Labute approximate surface area is 125 Å². The number of carbonyl (C=O) groups is 1. The van der Waals surface area contributed by atoms with E-state index in [1.54, 1.807) is 7.11 Å². The molecule has 0 bridgehead atoms. The monoisotopic (exact) mass is 292 g/mol. The fourth-order valence-electron chi connectivity index (χ4n) is 2.62. The molecule has 3 N–H and O–H groups in total. The molecule has 0 spiro atoms. The van der Waals surface area contributed by atoms with E-state index in [0.29, 0.717) is 18.0 Å². The van der Waals surface area contributed by atoms with Crippen molar-refractivity contribution in [1.29, 1.82) is 0 Å². The third-order valence-corrected chi connectivity index (χ3v) is 3.80. The van der Waals surface area contributed by atoms with Gasteiger partial charge in [-0.15, -0.1) is 0 Å². The van der Waals surface area contributed by atoms with E-state index in [1.165, 1.54) is 0 Å². The van der Waals surface area contributed by atoms with Crippen molar-refractivity contribution in [3.63, 3.8) is 0 Å². The van der Waals surface area contributed by atoms with E-state index < -0.39 is 0 Å². The van der Waals surface area contributed by atoms with E-state index in [9.17, 15) is 4.79 Å². The SMILES string of the molecule is COc1ccccc1OC(C)CNC(=O)C1CCC(N)C1. The van der Waals surface area contributed by atoms with Crippen LogP contribution in [0.4, 0.5) is 0 Å². The number of carbonyl (C=O) groups excluding carboxylic acids is 1. The zero-order chi connectivity index (χ0) is 15.2. The first kappa shape index (κ1) is 15.6. The zero-order valence-corrected chi connectivity index (χ0v) is 12.7. The molecular formula is C16H24N2O3. The Hall–Kier alpha value is -1.75. The number of nitrogens with two attached hydrogens (primary N) is 1. The summed E-state index contributed by atoms with van der Waals surface area (Å²) in [5.41, 5.74) is 5.83. The summed E-state index contributed by atoms with van der Waals surface area (Å²) >= 11 is 0. The van der Waals surface area contributed by atoms with Crippen LogP contribution in [-0.2, 0) is 4.79 Å². The summed E-state index contributed by atoms with van der Waals surface area (Å²) in [5.74, 6) is 1.51. The normalized spacial score (nSPS) is 22.6. The second-order valence-corrected chi connectivity index (χ2v) is 5.59. The van der Waals surface area contributed by atoms with E-state index in [-0.39, 0.29) is 24.0 Å². The van der Waals surface area contributed by atoms with Crippen molar-refractivity contribution in [2.45, 2.75) is 38.3 Å².